The number of hydrogen-bond donors (Lipinski definition) is 2. The number of ether oxygens (including phenoxy) is 1. The second-order valence-electron chi connectivity index (χ2n) is 6.13. The smallest absolute Gasteiger partial charge is 0.189 e. The predicted molar refractivity (Wildman–Crippen MR) is 76.8 cm³/mol. The molecule has 0 atom stereocenters. The highest BCUT2D eigenvalue weighted by Gasteiger charge is 2.12. The normalized spacial score (nSPS) is 19.6. The number of guanidine groups is 1. The highest BCUT2D eigenvalue weighted by Crippen LogP contribution is 2.19. The van der Waals surface area contributed by atoms with Gasteiger partial charge in [0.05, 0.1) is 19.3 Å². The van der Waals surface area contributed by atoms with Gasteiger partial charge in [-0.05, 0) is 33.6 Å². The number of nitrogens with zero attached hydrogens (tertiary/aromatic N) is 1. The van der Waals surface area contributed by atoms with Gasteiger partial charge in [-0.3, -0.25) is 4.99 Å². The number of aliphatic imine (C=N–C) groups is 1. The van der Waals surface area contributed by atoms with Crippen LogP contribution in [-0.4, -0.2) is 30.8 Å². The molecule has 1 fully saturated rings. The number of nitrogens with two attached hydrogens (primary N) is 1. The van der Waals surface area contributed by atoms with Gasteiger partial charge in [-0.1, -0.05) is 25.7 Å². The van der Waals surface area contributed by atoms with Crippen LogP contribution in [0.15, 0.2) is 4.99 Å². The monoisotopic (exact) mass is 255 g/mol. The van der Waals surface area contributed by atoms with E-state index < -0.39 is 0 Å². The van der Waals surface area contributed by atoms with Crippen molar-refractivity contribution >= 4 is 5.96 Å². The van der Waals surface area contributed by atoms with Crippen LogP contribution in [0.4, 0.5) is 0 Å². The molecule has 0 radical (unpaired) electrons. The highest BCUT2D eigenvalue weighted by molar-refractivity contribution is 5.78. The fourth-order valence-corrected chi connectivity index (χ4v) is 2.22. The molecule has 0 aromatic rings. The van der Waals surface area contributed by atoms with E-state index in [-0.39, 0.29) is 5.54 Å². The average Bonchev–Trinajstić information content (AvgIpc) is 2.50. The van der Waals surface area contributed by atoms with Crippen molar-refractivity contribution < 1.29 is 4.74 Å². The molecule has 0 spiro atoms. The molecule has 0 amide bonds. The first-order valence-corrected chi connectivity index (χ1v) is 7.17. The van der Waals surface area contributed by atoms with E-state index in [1.807, 2.05) is 0 Å². The zero-order valence-corrected chi connectivity index (χ0v) is 12.2. The lowest BCUT2D eigenvalue weighted by molar-refractivity contribution is 0.0487. The van der Waals surface area contributed by atoms with Crippen molar-refractivity contribution in [2.24, 2.45) is 10.7 Å². The standard InChI is InChI=1S/C14H29N3O/c1-14(2,3)17-13(15)16-10-11-18-12-8-6-4-5-7-9-12/h12H,4-11H2,1-3H3,(H3,15,16,17). The van der Waals surface area contributed by atoms with Crippen LogP contribution < -0.4 is 11.1 Å². The summed E-state index contributed by atoms with van der Waals surface area (Å²) in [6.07, 6.45) is 8.20. The van der Waals surface area contributed by atoms with E-state index in [0.29, 0.717) is 25.2 Å². The molecule has 0 heterocycles. The minimum atomic E-state index is -0.0320. The Labute approximate surface area is 111 Å². The third-order valence-electron chi connectivity index (χ3n) is 3.03. The van der Waals surface area contributed by atoms with Gasteiger partial charge < -0.3 is 15.8 Å². The molecular weight excluding hydrogens is 226 g/mol. The Bertz CT molecular complexity index is 250. The van der Waals surface area contributed by atoms with E-state index >= 15 is 0 Å². The van der Waals surface area contributed by atoms with Crippen molar-refractivity contribution in [3.8, 4) is 0 Å². The first-order valence-electron chi connectivity index (χ1n) is 7.17. The first kappa shape index (κ1) is 15.3. The van der Waals surface area contributed by atoms with Gasteiger partial charge in [-0.25, -0.2) is 0 Å². The Morgan fingerprint density at radius 1 is 1.22 bits per heavy atom. The summed E-state index contributed by atoms with van der Waals surface area (Å²) in [5, 5.41) is 3.14. The first-order chi connectivity index (χ1) is 8.47. The minimum absolute atomic E-state index is 0.0320. The van der Waals surface area contributed by atoms with Crippen LogP contribution in [0.3, 0.4) is 0 Å². The predicted octanol–water partition coefficient (Wildman–Crippen LogP) is 2.43. The van der Waals surface area contributed by atoms with E-state index in [0.717, 1.165) is 0 Å². The van der Waals surface area contributed by atoms with Gasteiger partial charge in [0.2, 0.25) is 0 Å². The summed E-state index contributed by atoms with van der Waals surface area (Å²) < 4.78 is 5.85. The summed E-state index contributed by atoms with van der Waals surface area (Å²) in [5.41, 5.74) is 5.76. The molecule has 18 heavy (non-hydrogen) atoms. The maximum absolute atomic E-state index is 5.85. The fraction of sp³-hybridized carbons (Fsp3) is 0.929. The van der Waals surface area contributed by atoms with E-state index in [1.165, 1.54) is 38.5 Å². The van der Waals surface area contributed by atoms with E-state index in [9.17, 15) is 0 Å². The Balaban J connectivity index is 2.15. The average molecular weight is 255 g/mol. The van der Waals surface area contributed by atoms with Gasteiger partial charge in [-0.15, -0.1) is 0 Å². The van der Waals surface area contributed by atoms with Crippen molar-refractivity contribution in [1.29, 1.82) is 0 Å². The molecule has 4 nitrogen and oxygen atoms in total. The van der Waals surface area contributed by atoms with Crippen LogP contribution in [0.1, 0.15) is 59.3 Å². The van der Waals surface area contributed by atoms with Crippen LogP contribution in [0.25, 0.3) is 0 Å². The summed E-state index contributed by atoms with van der Waals surface area (Å²) in [6, 6.07) is 0. The largest absolute Gasteiger partial charge is 0.376 e. The van der Waals surface area contributed by atoms with Crippen LogP contribution in [0.5, 0.6) is 0 Å². The maximum Gasteiger partial charge on any atom is 0.189 e. The van der Waals surface area contributed by atoms with Crippen molar-refractivity contribution in [2.45, 2.75) is 70.9 Å². The second kappa shape index (κ2) is 7.62. The summed E-state index contributed by atoms with van der Waals surface area (Å²) >= 11 is 0. The molecule has 0 saturated heterocycles. The van der Waals surface area contributed by atoms with Gasteiger partial charge >= 0.3 is 0 Å². The third kappa shape index (κ3) is 7.54. The van der Waals surface area contributed by atoms with E-state index in [4.69, 9.17) is 10.5 Å². The SMILES string of the molecule is CC(C)(C)NC(N)=NCCOC1CCCCCC1. The Hall–Kier alpha value is -0.770. The molecule has 1 aliphatic rings. The second-order valence-corrected chi connectivity index (χ2v) is 6.13. The third-order valence-corrected chi connectivity index (χ3v) is 3.03. The van der Waals surface area contributed by atoms with Crippen LogP contribution >= 0.6 is 0 Å². The summed E-state index contributed by atoms with van der Waals surface area (Å²) in [6.45, 7) is 7.52. The molecule has 1 aliphatic carbocycles. The van der Waals surface area contributed by atoms with Crippen molar-refractivity contribution in [1.82, 2.24) is 5.32 Å². The topological polar surface area (TPSA) is 59.6 Å². The molecule has 106 valence electrons. The molecule has 0 aromatic heterocycles. The van der Waals surface area contributed by atoms with Gasteiger partial charge in [-0.2, -0.15) is 0 Å². The van der Waals surface area contributed by atoms with Crippen molar-refractivity contribution in [3.63, 3.8) is 0 Å². The van der Waals surface area contributed by atoms with Crippen LogP contribution in [0.2, 0.25) is 0 Å². The van der Waals surface area contributed by atoms with Gasteiger partial charge in [0.25, 0.3) is 0 Å². The summed E-state index contributed by atoms with van der Waals surface area (Å²) in [7, 11) is 0. The molecule has 1 saturated carbocycles. The Morgan fingerprint density at radius 2 is 1.83 bits per heavy atom. The molecule has 1 rings (SSSR count). The number of hydrogen-bond acceptors (Lipinski definition) is 2. The van der Waals surface area contributed by atoms with Crippen LogP contribution in [-0.2, 0) is 4.74 Å². The Kier molecular flexibility index (Phi) is 6.47. The molecule has 4 heteroatoms. The van der Waals surface area contributed by atoms with Gasteiger partial charge in [0.15, 0.2) is 5.96 Å². The Morgan fingerprint density at radius 3 is 2.39 bits per heavy atom. The van der Waals surface area contributed by atoms with Crippen LogP contribution in [0, 0.1) is 0 Å². The van der Waals surface area contributed by atoms with E-state index in [1.54, 1.807) is 0 Å². The highest BCUT2D eigenvalue weighted by atomic mass is 16.5. The molecule has 3 N–H and O–H groups in total. The summed E-state index contributed by atoms with van der Waals surface area (Å²) in [4.78, 5) is 4.28. The summed E-state index contributed by atoms with van der Waals surface area (Å²) in [5.74, 6) is 0.506. The molecule has 0 aliphatic heterocycles. The quantitative estimate of drug-likeness (QED) is 0.351. The van der Waals surface area contributed by atoms with Crippen molar-refractivity contribution in [2.75, 3.05) is 13.2 Å². The number of nitrogens with one attached hydrogen (secondary N) is 1. The molecule has 0 aromatic carbocycles. The fourth-order valence-electron chi connectivity index (χ4n) is 2.22. The minimum Gasteiger partial charge on any atom is -0.376 e. The van der Waals surface area contributed by atoms with Gasteiger partial charge in [0.1, 0.15) is 0 Å². The molecular formula is C14H29N3O. The molecule has 0 unspecified atom stereocenters. The lowest BCUT2D eigenvalue weighted by Gasteiger charge is -2.21. The van der Waals surface area contributed by atoms with Crippen molar-refractivity contribution in [3.05, 3.63) is 0 Å². The maximum atomic E-state index is 5.85. The zero-order valence-electron chi connectivity index (χ0n) is 12.2. The lowest BCUT2D eigenvalue weighted by atomic mass is 10.1. The van der Waals surface area contributed by atoms with Gasteiger partial charge in [0, 0.05) is 5.54 Å². The number of rotatable bonds is 4. The zero-order chi connectivity index (χ0) is 13.4. The van der Waals surface area contributed by atoms with E-state index in [2.05, 4.69) is 31.1 Å². The molecule has 0 bridgehead atoms. The lowest BCUT2D eigenvalue weighted by Crippen LogP contribution is -2.45.